The fraction of sp³-hybridized carbons (Fsp3) is 0. The van der Waals surface area contributed by atoms with Gasteiger partial charge in [0, 0.05) is 24.0 Å². The highest BCUT2D eigenvalue weighted by Crippen LogP contribution is 2.31. The molecule has 3 heterocycles. The van der Waals surface area contributed by atoms with Crippen molar-refractivity contribution in [2.45, 2.75) is 0 Å². The van der Waals surface area contributed by atoms with Crippen molar-refractivity contribution in [1.29, 1.82) is 0 Å². The Kier molecular flexibility index (Phi) is 2.25. The fourth-order valence-corrected chi connectivity index (χ4v) is 2.78. The number of hydrogen-bond donors (Lipinski definition) is 1. The summed E-state index contributed by atoms with van der Waals surface area (Å²) in [4.78, 5) is 11.7. The van der Waals surface area contributed by atoms with Gasteiger partial charge in [0.15, 0.2) is 5.65 Å². The van der Waals surface area contributed by atoms with E-state index in [2.05, 4.69) is 15.0 Å². The first kappa shape index (κ1) is 10.5. The quantitative estimate of drug-likeness (QED) is 0.598. The van der Waals surface area contributed by atoms with Crippen LogP contribution in [0.5, 0.6) is 10.9 Å². The summed E-state index contributed by atoms with van der Waals surface area (Å²) < 4.78 is 6.81. The molecule has 1 N–H and O–H groups in total. The number of rotatable bonds is 2. The molecule has 4 nitrogen and oxygen atoms in total. The molecule has 5 heteroatoms. The zero-order valence-corrected chi connectivity index (χ0v) is 10.6. The van der Waals surface area contributed by atoms with Gasteiger partial charge in [-0.25, -0.2) is 4.98 Å². The van der Waals surface area contributed by atoms with E-state index in [1.54, 1.807) is 6.20 Å². The second-order valence-electron chi connectivity index (χ2n) is 4.13. The molecule has 0 amide bonds. The normalized spacial score (nSPS) is 11.2. The number of nitrogens with one attached hydrogen (secondary N) is 1. The van der Waals surface area contributed by atoms with Crippen molar-refractivity contribution in [2.75, 3.05) is 0 Å². The van der Waals surface area contributed by atoms with E-state index in [1.165, 1.54) is 16.7 Å². The zero-order valence-electron chi connectivity index (χ0n) is 9.83. The van der Waals surface area contributed by atoms with E-state index in [1.807, 2.05) is 42.6 Å². The van der Waals surface area contributed by atoms with Crippen LogP contribution >= 0.6 is 11.3 Å². The van der Waals surface area contributed by atoms with Gasteiger partial charge in [-0.1, -0.05) is 11.3 Å². The molecule has 0 spiro atoms. The lowest BCUT2D eigenvalue weighted by molar-refractivity contribution is 0.480. The maximum absolute atomic E-state index is 5.79. The summed E-state index contributed by atoms with van der Waals surface area (Å²) >= 11 is 1.49. The van der Waals surface area contributed by atoms with E-state index in [9.17, 15) is 0 Å². The molecular formula is C14H9N3OS. The van der Waals surface area contributed by atoms with Crippen LogP contribution in [0.1, 0.15) is 0 Å². The van der Waals surface area contributed by atoms with E-state index in [0.717, 1.165) is 21.6 Å². The summed E-state index contributed by atoms with van der Waals surface area (Å²) in [5.41, 5.74) is 1.78. The fourth-order valence-electron chi connectivity index (χ4n) is 1.98. The molecule has 3 aromatic heterocycles. The summed E-state index contributed by atoms with van der Waals surface area (Å²) in [6, 6.07) is 11.8. The maximum Gasteiger partial charge on any atom is 0.281 e. The van der Waals surface area contributed by atoms with E-state index in [-0.39, 0.29) is 0 Å². The molecule has 0 radical (unpaired) electrons. The largest absolute Gasteiger partial charge is 0.431 e. The first-order valence-corrected chi connectivity index (χ1v) is 6.67. The first-order valence-electron chi connectivity index (χ1n) is 5.85. The van der Waals surface area contributed by atoms with Crippen LogP contribution in [-0.2, 0) is 0 Å². The van der Waals surface area contributed by atoms with Crippen LogP contribution in [0.15, 0.2) is 48.8 Å². The van der Waals surface area contributed by atoms with Crippen LogP contribution in [0, 0.1) is 0 Å². The molecule has 0 unspecified atom stereocenters. The third-order valence-corrected chi connectivity index (χ3v) is 3.76. The number of hydrogen-bond acceptors (Lipinski definition) is 4. The number of fused-ring (bicyclic) bond motifs is 2. The molecule has 1 aromatic carbocycles. The van der Waals surface area contributed by atoms with Gasteiger partial charge in [-0.3, -0.25) is 0 Å². The van der Waals surface area contributed by atoms with Gasteiger partial charge in [-0.05, 0) is 35.7 Å². The Bertz CT molecular complexity index is 832. The third kappa shape index (κ3) is 1.84. The smallest absolute Gasteiger partial charge is 0.281 e. The number of nitrogens with zero attached hydrogens (tertiary/aromatic N) is 2. The van der Waals surface area contributed by atoms with Gasteiger partial charge < -0.3 is 9.72 Å². The summed E-state index contributed by atoms with van der Waals surface area (Å²) in [5, 5.41) is 1.78. The lowest BCUT2D eigenvalue weighted by atomic mass is 10.2. The van der Waals surface area contributed by atoms with E-state index < -0.39 is 0 Å². The number of thiazole rings is 1. The molecule has 0 aliphatic rings. The molecule has 0 bridgehead atoms. The molecule has 0 aliphatic carbocycles. The number of benzene rings is 1. The molecule has 0 aliphatic heterocycles. The van der Waals surface area contributed by atoms with Crippen molar-refractivity contribution in [3.8, 4) is 10.9 Å². The van der Waals surface area contributed by atoms with Crippen LogP contribution in [-0.4, -0.2) is 15.0 Å². The summed E-state index contributed by atoms with van der Waals surface area (Å²) in [5.74, 6) is 0.772. The Morgan fingerprint density at radius 2 is 2.16 bits per heavy atom. The van der Waals surface area contributed by atoms with Crippen LogP contribution < -0.4 is 4.74 Å². The lowest BCUT2D eigenvalue weighted by Gasteiger charge is -2.00. The van der Waals surface area contributed by atoms with Crippen molar-refractivity contribution in [1.82, 2.24) is 15.0 Å². The minimum atomic E-state index is 0.611. The Labute approximate surface area is 112 Å². The molecular weight excluding hydrogens is 258 g/mol. The minimum Gasteiger partial charge on any atom is -0.431 e. The molecule has 0 atom stereocenters. The number of ether oxygens (including phenoxy) is 1. The second-order valence-corrected chi connectivity index (χ2v) is 5.13. The average Bonchev–Trinajstić information content (AvgIpc) is 3.03. The number of pyridine rings is 1. The second kappa shape index (κ2) is 4.07. The van der Waals surface area contributed by atoms with Crippen LogP contribution in [0.25, 0.3) is 21.3 Å². The van der Waals surface area contributed by atoms with Gasteiger partial charge in [0.2, 0.25) is 0 Å². The van der Waals surface area contributed by atoms with Gasteiger partial charge in [-0.2, -0.15) is 4.98 Å². The van der Waals surface area contributed by atoms with Crippen LogP contribution in [0.3, 0.4) is 0 Å². The van der Waals surface area contributed by atoms with Crippen molar-refractivity contribution < 1.29 is 4.74 Å². The van der Waals surface area contributed by atoms with Crippen molar-refractivity contribution in [3.05, 3.63) is 48.8 Å². The van der Waals surface area contributed by atoms with Crippen LogP contribution in [0.4, 0.5) is 0 Å². The maximum atomic E-state index is 5.79. The van der Waals surface area contributed by atoms with Gasteiger partial charge in [-0.15, -0.1) is 0 Å². The third-order valence-electron chi connectivity index (χ3n) is 2.88. The molecule has 0 saturated carbocycles. The summed E-state index contributed by atoms with van der Waals surface area (Å²) in [7, 11) is 0. The molecule has 4 rings (SSSR count). The van der Waals surface area contributed by atoms with Gasteiger partial charge in [0.1, 0.15) is 5.75 Å². The van der Waals surface area contributed by atoms with Gasteiger partial charge in [0.25, 0.3) is 5.19 Å². The van der Waals surface area contributed by atoms with Crippen LogP contribution in [0.2, 0.25) is 0 Å². The number of aromatic amines is 1. The average molecular weight is 267 g/mol. The lowest BCUT2D eigenvalue weighted by Crippen LogP contribution is -1.83. The Morgan fingerprint density at radius 1 is 1.16 bits per heavy atom. The monoisotopic (exact) mass is 267 g/mol. The predicted molar refractivity (Wildman–Crippen MR) is 75.8 cm³/mol. The summed E-state index contributed by atoms with van der Waals surface area (Å²) in [6.07, 6.45) is 3.65. The molecule has 4 aromatic rings. The van der Waals surface area contributed by atoms with E-state index >= 15 is 0 Å². The standard InChI is InChI=1S/C14H9N3OS/c1-2-12-13(16-6-1)17-14(19-12)18-10-4-3-9-5-7-15-11(9)8-10/h1-8,15H. The topological polar surface area (TPSA) is 50.8 Å². The SMILES string of the molecule is c1cnc2nc(Oc3ccc4cc[nH]c4c3)sc2c1. The number of aromatic nitrogens is 3. The van der Waals surface area contributed by atoms with Crippen molar-refractivity contribution in [2.24, 2.45) is 0 Å². The van der Waals surface area contributed by atoms with E-state index in [4.69, 9.17) is 4.74 Å². The zero-order chi connectivity index (χ0) is 12.7. The van der Waals surface area contributed by atoms with E-state index in [0.29, 0.717) is 5.19 Å². The summed E-state index contributed by atoms with van der Waals surface area (Å²) in [6.45, 7) is 0. The minimum absolute atomic E-state index is 0.611. The molecule has 92 valence electrons. The van der Waals surface area contributed by atoms with Gasteiger partial charge >= 0.3 is 0 Å². The van der Waals surface area contributed by atoms with Crippen molar-refractivity contribution in [3.63, 3.8) is 0 Å². The highest BCUT2D eigenvalue weighted by atomic mass is 32.1. The van der Waals surface area contributed by atoms with Gasteiger partial charge in [0.05, 0.1) is 4.70 Å². The highest BCUT2D eigenvalue weighted by Gasteiger charge is 2.07. The molecule has 19 heavy (non-hydrogen) atoms. The Morgan fingerprint density at radius 3 is 3.11 bits per heavy atom. The highest BCUT2D eigenvalue weighted by molar-refractivity contribution is 7.20. The predicted octanol–water partition coefficient (Wildman–Crippen LogP) is 3.96. The van der Waals surface area contributed by atoms with Crippen molar-refractivity contribution >= 4 is 32.6 Å². The molecule has 0 saturated heterocycles. The number of H-pyrrole nitrogens is 1. The molecule has 0 fully saturated rings. The Hall–Kier alpha value is -2.40. The Balaban J connectivity index is 1.72. The first-order chi connectivity index (χ1) is 9.38.